The van der Waals surface area contributed by atoms with Crippen molar-refractivity contribution in [2.75, 3.05) is 13.1 Å². The second-order valence-electron chi connectivity index (χ2n) is 8.17. The van der Waals surface area contributed by atoms with Gasteiger partial charge in [-0.2, -0.15) is 0 Å². The summed E-state index contributed by atoms with van der Waals surface area (Å²) in [5.41, 5.74) is 7.73. The number of sulfonamides is 1. The first kappa shape index (κ1) is 20.8. The molecule has 10 heteroatoms. The van der Waals surface area contributed by atoms with Gasteiger partial charge < -0.3 is 10.6 Å². The van der Waals surface area contributed by atoms with Crippen molar-refractivity contribution in [3.05, 3.63) is 59.1 Å². The fourth-order valence-electron chi connectivity index (χ4n) is 4.09. The Bertz CT molecular complexity index is 1320. The van der Waals surface area contributed by atoms with Crippen LogP contribution in [-0.4, -0.2) is 43.2 Å². The molecule has 2 atom stereocenters. The minimum absolute atomic E-state index is 0.00529. The summed E-state index contributed by atoms with van der Waals surface area (Å²) >= 11 is 1.27. The van der Waals surface area contributed by atoms with E-state index in [0.29, 0.717) is 33.7 Å². The van der Waals surface area contributed by atoms with Crippen LogP contribution in [0.2, 0.25) is 0 Å². The number of benzene rings is 2. The Hall–Kier alpha value is -3.08. The number of likely N-dealkylation sites (tertiary alicyclic amines) is 1. The lowest BCUT2D eigenvalue weighted by Gasteiger charge is -2.15. The highest BCUT2D eigenvalue weighted by molar-refractivity contribution is 7.89. The van der Waals surface area contributed by atoms with Crippen LogP contribution in [0, 0.1) is 11.8 Å². The third-order valence-corrected chi connectivity index (χ3v) is 7.99. The summed E-state index contributed by atoms with van der Waals surface area (Å²) in [5.74, 6) is 0.608. The average Bonchev–Trinajstić information content (AvgIpc) is 3.18. The molecule has 0 spiro atoms. The number of hydrogen-bond donors (Lipinski definition) is 2. The molecule has 0 radical (unpaired) electrons. The topological polar surface area (TPSA) is 136 Å². The quantitative estimate of drug-likeness (QED) is 0.592. The van der Waals surface area contributed by atoms with Crippen molar-refractivity contribution in [1.29, 1.82) is 0 Å². The molecule has 1 aliphatic carbocycles. The van der Waals surface area contributed by atoms with Gasteiger partial charge in [0.05, 0.1) is 15.5 Å². The molecule has 2 aromatic carbocycles. The number of aromatic nitrogens is 1. The highest BCUT2D eigenvalue weighted by Crippen LogP contribution is 2.46. The van der Waals surface area contributed by atoms with Gasteiger partial charge in [-0.1, -0.05) is 24.3 Å². The fraction of sp³-hybridized carbons (Fsp3) is 0.227. The molecule has 2 amide bonds. The number of thiazole rings is 1. The lowest BCUT2D eigenvalue weighted by Crippen LogP contribution is -2.30. The maximum Gasteiger partial charge on any atom is 0.282 e. The number of primary sulfonamides is 1. The predicted octanol–water partition coefficient (Wildman–Crippen LogP) is 2.32. The summed E-state index contributed by atoms with van der Waals surface area (Å²) in [6, 6.07) is 12.8. The Balaban J connectivity index is 1.56. The van der Waals surface area contributed by atoms with Crippen molar-refractivity contribution in [2.24, 2.45) is 22.7 Å². The third-order valence-electron chi connectivity index (χ3n) is 5.96. The molecular formula is C22H20N4O4S2. The molecule has 2 aliphatic rings. The molecule has 4 N–H and O–H groups in total. The number of hydrogen-bond acceptors (Lipinski definition) is 6. The predicted molar refractivity (Wildman–Crippen MR) is 120 cm³/mol. The van der Waals surface area contributed by atoms with Crippen LogP contribution in [0.25, 0.3) is 21.7 Å². The van der Waals surface area contributed by atoms with E-state index in [4.69, 9.17) is 10.9 Å². The first-order chi connectivity index (χ1) is 15.2. The van der Waals surface area contributed by atoms with E-state index in [9.17, 15) is 18.0 Å². The zero-order chi connectivity index (χ0) is 22.6. The van der Waals surface area contributed by atoms with Gasteiger partial charge >= 0.3 is 0 Å². The van der Waals surface area contributed by atoms with Gasteiger partial charge in [0.15, 0.2) is 5.01 Å². The Kier molecular flexibility index (Phi) is 4.88. The monoisotopic (exact) mass is 468 g/mol. The normalized spacial score (nSPS) is 19.6. The Morgan fingerprint density at radius 2 is 1.56 bits per heavy atom. The highest BCUT2D eigenvalue weighted by Gasteiger charge is 2.47. The summed E-state index contributed by atoms with van der Waals surface area (Å²) in [7, 11) is -3.81. The van der Waals surface area contributed by atoms with Gasteiger partial charge in [-0.3, -0.25) is 9.59 Å². The van der Waals surface area contributed by atoms with Crippen LogP contribution in [-0.2, 0) is 10.0 Å². The maximum absolute atomic E-state index is 13.1. The van der Waals surface area contributed by atoms with Crippen LogP contribution in [0.4, 0.5) is 0 Å². The van der Waals surface area contributed by atoms with E-state index in [1.165, 1.54) is 29.9 Å². The molecule has 1 aromatic heterocycles. The average molecular weight is 469 g/mol. The van der Waals surface area contributed by atoms with E-state index in [1.54, 1.807) is 36.4 Å². The molecule has 32 heavy (non-hydrogen) atoms. The zero-order valence-corrected chi connectivity index (χ0v) is 18.5. The van der Waals surface area contributed by atoms with Crippen LogP contribution >= 0.6 is 11.3 Å². The van der Waals surface area contributed by atoms with Crippen molar-refractivity contribution in [3.63, 3.8) is 0 Å². The zero-order valence-electron chi connectivity index (χ0n) is 16.9. The van der Waals surface area contributed by atoms with Gasteiger partial charge in [-0.05, 0) is 48.1 Å². The second-order valence-corrected chi connectivity index (χ2v) is 10.7. The molecule has 0 bridgehead atoms. The standard InChI is InChI=1S/C22H20N4O4S2/c23-20(27)14-3-1-12(2-4-14)18-19(13-5-7-17(8-6-13)32(24,29)30)31-21(25-18)22(28)26-10-15-9-16(15)11-26/h1-8,15-16H,9-11H2,(H2,23,27)(H2,24,29,30). The minimum Gasteiger partial charge on any atom is -0.366 e. The number of nitrogens with zero attached hydrogens (tertiary/aromatic N) is 2. The van der Waals surface area contributed by atoms with E-state index in [2.05, 4.69) is 4.98 Å². The van der Waals surface area contributed by atoms with Gasteiger partial charge in [-0.15, -0.1) is 11.3 Å². The number of amides is 2. The molecular weight excluding hydrogens is 448 g/mol. The van der Waals surface area contributed by atoms with Crippen molar-refractivity contribution in [1.82, 2.24) is 9.88 Å². The van der Waals surface area contributed by atoms with Crippen LogP contribution in [0.15, 0.2) is 53.4 Å². The highest BCUT2D eigenvalue weighted by atomic mass is 32.2. The van der Waals surface area contributed by atoms with Crippen LogP contribution in [0.5, 0.6) is 0 Å². The summed E-state index contributed by atoms with van der Waals surface area (Å²) < 4.78 is 23.2. The van der Waals surface area contributed by atoms with Gasteiger partial charge in [-0.25, -0.2) is 18.5 Å². The summed E-state index contributed by atoms with van der Waals surface area (Å²) in [5, 5.41) is 5.59. The molecule has 164 valence electrons. The fourth-order valence-corrected chi connectivity index (χ4v) is 5.67. The first-order valence-corrected chi connectivity index (χ1v) is 12.4. The molecule has 3 aromatic rings. The van der Waals surface area contributed by atoms with Crippen molar-refractivity contribution >= 4 is 33.2 Å². The molecule has 1 saturated carbocycles. The number of fused-ring (bicyclic) bond motifs is 1. The Labute approximate surface area is 188 Å². The molecule has 8 nitrogen and oxygen atoms in total. The Morgan fingerprint density at radius 1 is 0.969 bits per heavy atom. The van der Waals surface area contributed by atoms with Gasteiger partial charge in [0.25, 0.3) is 5.91 Å². The SMILES string of the molecule is NC(=O)c1ccc(-c2nc(C(=O)N3CC4CC4C3)sc2-c2ccc(S(N)(=O)=O)cc2)cc1. The summed E-state index contributed by atoms with van der Waals surface area (Å²) in [4.78, 5) is 31.7. The van der Waals surface area contributed by atoms with Crippen molar-refractivity contribution in [2.45, 2.75) is 11.3 Å². The van der Waals surface area contributed by atoms with Gasteiger partial charge in [0.2, 0.25) is 15.9 Å². The molecule has 5 rings (SSSR count). The number of piperidine rings is 1. The summed E-state index contributed by atoms with van der Waals surface area (Å²) in [6.07, 6.45) is 1.20. The van der Waals surface area contributed by atoms with E-state index in [0.717, 1.165) is 23.5 Å². The molecule has 2 fully saturated rings. The maximum atomic E-state index is 13.1. The van der Waals surface area contributed by atoms with Crippen LogP contribution in [0.1, 0.15) is 26.6 Å². The Morgan fingerprint density at radius 3 is 2.12 bits per heavy atom. The van der Waals surface area contributed by atoms with E-state index in [1.807, 2.05) is 4.90 Å². The van der Waals surface area contributed by atoms with E-state index < -0.39 is 15.9 Å². The lowest BCUT2D eigenvalue weighted by atomic mass is 10.0. The van der Waals surface area contributed by atoms with Crippen molar-refractivity contribution in [3.8, 4) is 21.7 Å². The van der Waals surface area contributed by atoms with Gasteiger partial charge in [0, 0.05) is 24.2 Å². The van der Waals surface area contributed by atoms with Crippen LogP contribution in [0.3, 0.4) is 0 Å². The summed E-state index contributed by atoms with van der Waals surface area (Å²) in [6.45, 7) is 1.54. The number of carbonyl (C=O) groups excluding carboxylic acids is 2. The van der Waals surface area contributed by atoms with Crippen molar-refractivity contribution < 1.29 is 18.0 Å². The molecule has 2 unspecified atom stereocenters. The minimum atomic E-state index is -3.81. The number of carbonyl (C=O) groups is 2. The van der Waals surface area contributed by atoms with Gasteiger partial charge in [0.1, 0.15) is 0 Å². The van der Waals surface area contributed by atoms with E-state index in [-0.39, 0.29) is 10.8 Å². The smallest absolute Gasteiger partial charge is 0.282 e. The molecule has 2 heterocycles. The van der Waals surface area contributed by atoms with Crippen LogP contribution < -0.4 is 10.9 Å². The number of nitrogens with two attached hydrogens (primary N) is 2. The molecule has 1 aliphatic heterocycles. The number of primary amides is 1. The molecule has 1 saturated heterocycles. The number of rotatable bonds is 5. The van der Waals surface area contributed by atoms with E-state index >= 15 is 0 Å². The second kappa shape index (κ2) is 7.51. The largest absolute Gasteiger partial charge is 0.366 e. The lowest BCUT2D eigenvalue weighted by molar-refractivity contribution is 0.0775. The third kappa shape index (κ3) is 3.81. The first-order valence-electron chi connectivity index (χ1n) is 10.0.